The smallest absolute Gasteiger partial charge is 0.258 e. The van der Waals surface area contributed by atoms with Crippen LogP contribution in [0.25, 0.3) is 10.8 Å². The Labute approximate surface area is 193 Å². The van der Waals surface area contributed by atoms with E-state index in [1.807, 2.05) is 29.2 Å². The van der Waals surface area contributed by atoms with Gasteiger partial charge in [-0.1, -0.05) is 43.2 Å². The van der Waals surface area contributed by atoms with Crippen molar-refractivity contribution in [1.82, 2.24) is 14.7 Å². The molecule has 2 heterocycles. The van der Waals surface area contributed by atoms with Crippen LogP contribution in [0.15, 0.2) is 36.4 Å². The number of rotatable bonds is 3. The largest absolute Gasteiger partial charge is 0.506 e. The van der Waals surface area contributed by atoms with Gasteiger partial charge in [-0.2, -0.15) is 0 Å². The van der Waals surface area contributed by atoms with Crippen LogP contribution in [0.4, 0.5) is 0 Å². The number of carbonyl (C=O) groups is 3. The van der Waals surface area contributed by atoms with Gasteiger partial charge in [0.1, 0.15) is 11.8 Å². The lowest BCUT2D eigenvalue weighted by molar-refractivity contribution is -0.143. The highest BCUT2D eigenvalue weighted by atomic mass is 16.3. The Morgan fingerprint density at radius 3 is 2.15 bits per heavy atom. The van der Waals surface area contributed by atoms with Crippen molar-refractivity contribution in [2.75, 3.05) is 32.7 Å². The summed E-state index contributed by atoms with van der Waals surface area (Å²) in [4.78, 5) is 44.7. The molecule has 2 saturated heterocycles. The zero-order chi connectivity index (χ0) is 22.9. The second-order valence-corrected chi connectivity index (χ2v) is 9.47. The summed E-state index contributed by atoms with van der Waals surface area (Å²) in [5, 5.41) is 12.2. The molecule has 33 heavy (non-hydrogen) atoms. The van der Waals surface area contributed by atoms with Crippen LogP contribution in [0, 0.1) is 5.92 Å². The lowest BCUT2D eigenvalue weighted by Gasteiger charge is -2.38. The molecule has 1 unspecified atom stereocenters. The minimum absolute atomic E-state index is 0.0322. The lowest BCUT2D eigenvalue weighted by atomic mass is 10.0. The quantitative estimate of drug-likeness (QED) is 0.781. The minimum atomic E-state index is -0.513. The van der Waals surface area contributed by atoms with Crippen molar-refractivity contribution >= 4 is 28.5 Å². The van der Waals surface area contributed by atoms with Crippen molar-refractivity contribution < 1.29 is 19.5 Å². The molecule has 3 aliphatic rings. The van der Waals surface area contributed by atoms with Crippen molar-refractivity contribution in [2.45, 2.75) is 44.6 Å². The molecule has 0 bridgehead atoms. The predicted molar refractivity (Wildman–Crippen MR) is 125 cm³/mol. The number of aromatic hydroxyl groups is 1. The molecule has 1 saturated carbocycles. The van der Waals surface area contributed by atoms with Gasteiger partial charge in [0.2, 0.25) is 11.8 Å². The Hall–Kier alpha value is -3.09. The van der Waals surface area contributed by atoms with Gasteiger partial charge in [0, 0.05) is 44.0 Å². The van der Waals surface area contributed by atoms with Gasteiger partial charge in [-0.05, 0) is 37.1 Å². The fourth-order valence-electron chi connectivity index (χ4n) is 5.64. The fraction of sp³-hybridized carbons (Fsp3) is 0.500. The van der Waals surface area contributed by atoms with Crippen molar-refractivity contribution in [3.63, 3.8) is 0 Å². The topological polar surface area (TPSA) is 81.2 Å². The molecule has 7 heteroatoms. The molecule has 2 aromatic carbocycles. The number of hydrogen-bond acceptors (Lipinski definition) is 4. The summed E-state index contributed by atoms with van der Waals surface area (Å²) < 4.78 is 0. The average Bonchev–Trinajstić information content (AvgIpc) is 3.56. The van der Waals surface area contributed by atoms with Crippen LogP contribution in [-0.2, 0) is 9.59 Å². The first-order valence-corrected chi connectivity index (χ1v) is 12.1. The Kier molecular flexibility index (Phi) is 5.96. The van der Waals surface area contributed by atoms with Crippen LogP contribution in [-0.4, -0.2) is 76.3 Å². The molecule has 174 valence electrons. The molecular weight excluding hydrogens is 418 g/mol. The SMILES string of the molecule is O=C(C1CCCC1)N1CCN(C(=O)C2CCCN2C(=O)c2ccc3ccccc3c2O)CC1. The van der Waals surface area contributed by atoms with E-state index in [9.17, 15) is 19.5 Å². The Balaban J connectivity index is 1.26. The molecule has 2 aromatic rings. The Morgan fingerprint density at radius 2 is 1.42 bits per heavy atom. The summed E-state index contributed by atoms with van der Waals surface area (Å²) in [6.07, 6.45) is 5.62. The van der Waals surface area contributed by atoms with E-state index in [4.69, 9.17) is 0 Å². The second-order valence-electron chi connectivity index (χ2n) is 9.47. The number of phenols is 1. The second kappa shape index (κ2) is 9.04. The van der Waals surface area contributed by atoms with Crippen molar-refractivity contribution in [1.29, 1.82) is 0 Å². The Bertz CT molecular complexity index is 1070. The highest BCUT2D eigenvalue weighted by Crippen LogP contribution is 2.32. The third kappa shape index (κ3) is 4.05. The van der Waals surface area contributed by atoms with Crippen LogP contribution >= 0.6 is 0 Å². The van der Waals surface area contributed by atoms with E-state index in [0.29, 0.717) is 44.5 Å². The molecule has 1 N–H and O–H groups in total. The van der Waals surface area contributed by atoms with Crippen molar-refractivity contribution in [3.05, 3.63) is 42.0 Å². The molecule has 1 aliphatic carbocycles. The number of fused-ring (bicyclic) bond motifs is 1. The van der Waals surface area contributed by atoms with E-state index >= 15 is 0 Å². The number of phenolic OH excluding ortho intramolecular Hbond substituents is 1. The van der Waals surface area contributed by atoms with E-state index < -0.39 is 6.04 Å². The van der Waals surface area contributed by atoms with Crippen LogP contribution in [0.1, 0.15) is 48.9 Å². The summed E-state index contributed by atoms with van der Waals surface area (Å²) in [5.41, 5.74) is 0.236. The first-order chi connectivity index (χ1) is 16.0. The monoisotopic (exact) mass is 449 g/mol. The molecule has 1 atom stereocenters. The molecule has 2 aliphatic heterocycles. The van der Waals surface area contributed by atoms with E-state index in [1.54, 1.807) is 21.9 Å². The average molecular weight is 450 g/mol. The number of hydrogen-bond donors (Lipinski definition) is 1. The van der Waals surface area contributed by atoms with Crippen LogP contribution in [0.2, 0.25) is 0 Å². The van der Waals surface area contributed by atoms with E-state index in [2.05, 4.69) is 0 Å². The zero-order valence-electron chi connectivity index (χ0n) is 18.9. The normalized spacial score (nSPS) is 21.7. The van der Waals surface area contributed by atoms with Gasteiger partial charge in [0.15, 0.2) is 0 Å². The van der Waals surface area contributed by atoms with Gasteiger partial charge in [0.05, 0.1) is 5.56 Å². The summed E-state index contributed by atoms with van der Waals surface area (Å²) in [5.74, 6) is 0.0161. The van der Waals surface area contributed by atoms with E-state index in [0.717, 1.165) is 37.5 Å². The number of likely N-dealkylation sites (tertiary alicyclic amines) is 1. The maximum Gasteiger partial charge on any atom is 0.258 e. The van der Waals surface area contributed by atoms with Crippen LogP contribution < -0.4 is 0 Å². The van der Waals surface area contributed by atoms with Crippen molar-refractivity contribution in [3.8, 4) is 5.75 Å². The standard InChI is InChI=1S/C26H31N3O4/c30-23-20-9-4-3-6-18(20)11-12-21(23)25(32)29-13-5-10-22(29)26(33)28-16-14-27(15-17-28)24(31)19-7-1-2-8-19/h3-4,6,9,11-12,19,22,30H,1-2,5,7-8,10,13-17H2. The fourth-order valence-corrected chi connectivity index (χ4v) is 5.64. The molecule has 3 fully saturated rings. The molecule has 0 spiro atoms. The molecular formula is C26H31N3O4. The van der Waals surface area contributed by atoms with Crippen molar-refractivity contribution in [2.24, 2.45) is 5.92 Å². The minimum Gasteiger partial charge on any atom is -0.506 e. The van der Waals surface area contributed by atoms with E-state index in [1.165, 1.54) is 0 Å². The molecule has 3 amide bonds. The highest BCUT2D eigenvalue weighted by Gasteiger charge is 2.39. The van der Waals surface area contributed by atoms with Gasteiger partial charge in [-0.25, -0.2) is 0 Å². The number of piperazine rings is 1. The Morgan fingerprint density at radius 1 is 0.758 bits per heavy atom. The molecule has 5 rings (SSSR count). The summed E-state index contributed by atoms with van der Waals surface area (Å²) in [6, 6.07) is 10.4. The van der Waals surface area contributed by atoms with Gasteiger partial charge >= 0.3 is 0 Å². The number of amides is 3. The van der Waals surface area contributed by atoms with Crippen LogP contribution in [0.5, 0.6) is 5.75 Å². The predicted octanol–water partition coefficient (Wildman–Crippen LogP) is 3.01. The summed E-state index contributed by atoms with van der Waals surface area (Å²) >= 11 is 0. The number of carbonyl (C=O) groups excluding carboxylic acids is 3. The van der Waals surface area contributed by atoms with Crippen LogP contribution in [0.3, 0.4) is 0 Å². The number of benzene rings is 2. The first kappa shape index (κ1) is 21.7. The lowest BCUT2D eigenvalue weighted by Crippen LogP contribution is -2.56. The number of nitrogens with zero attached hydrogens (tertiary/aromatic N) is 3. The molecule has 0 radical (unpaired) electrons. The third-order valence-electron chi connectivity index (χ3n) is 7.54. The summed E-state index contributed by atoms with van der Waals surface area (Å²) in [6.45, 7) is 2.65. The van der Waals surface area contributed by atoms with Gasteiger partial charge in [0.25, 0.3) is 5.91 Å². The zero-order valence-corrected chi connectivity index (χ0v) is 18.9. The van der Waals surface area contributed by atoms with Gasteiger partial charge in [-0.3, -0.25) is 14.4 Å². The maximum absolute atomic E-state index is 13.3. The highest BCUT2D eigenvalue weighted by molar-refractivity contribution is 6.05. The summed E-state index contributed by atoms with van der Waals surface area (Å²) in [7, 11) is 0. The van der Waals surface area contributed by atoms with Gasteiger partial charge < -0.3 is 19.8 Å². The van der Waals surface area contributed by atoms with Gasteiger partial charge in [-0.15, -0.1) is 0 Å². The van der Waals surface area contributed by atoms with E-state index in [-0.39, 0.29) is 35.0 Å². The molecule has 7 nitrogen and oxygen atoms in total. The molecule has 0 aromatic heterocycles. The first-order valence-electron chi connectivity index (χ1n) is 12.1. The maximum atomic E-state index is 13.3. The third-order valence-corrected chi connectivity index (χ3v) is 7.54.